The molecule has 7 nitrogen and oxygen atoms in total. The molecule has 0 aliphatic carbocycles. The van der Waals surface area contributed by atoms with Crippen LogP contribution in [0.1, 0.15) is 5.82 Å². The van der Waals surface area contributed by atoms with E-state index in [-0.39, 0.29) is 12.5 Å². The zero-order valence-corrected chi connectivity index (χ0v) is 11.4. The van der Waals surface area contributed by atoms with Crippen molar-refractivity contribution in [3.8, 4) is 5.82 Å². The van der Waals surface area contributed by atoms with Crippen molar-refractivity contribution in [2.45, 2.75) is 13.0 Å². The number of amides is 1. The maximum Gasteiger partial charge on any atom is 0.243 e. The van der Waals surface area contributed by atoms with E-state index in [9.17, 15) is 4.79 Å². The molecule has 0 saturated heterocycles. The summed E-state index contributed by atoms with van der Waals surface area (Å²) in [5.74, 6) is 1.27. The molecule has 2 aromatic rings. The van der Waals surface area contributed by atoms with Gasteiger partial charge in [-0.05, 0) is 19.1 Å². The number of anilines is 1. The van der Waals surface area contributed by atoms with Gasteiger partial charge >= 0.3 is 0 Å². The molecule has 1 unspecified atom stereocenters. The van der Waals surface area contributed by atoms with E-state index in [1.165, 1.54) is 7.11 Å². The first-order chi connectivity index (χ1) is 9.61. The third kappa shape index (κ3) is 3.19. The number of aromatic nitrogens is 3. The number of pyridine rings is 1. The van der Waals surface area contributed by atoms with E-state index in [4.69, 9.17) is 10.5 Å². The lowest BCUT2D eigenvalue weighted by Crippen LogP contribution is -2.39. The van der Waals surface area contributed by atoms with Crippen molar-refractivity contribution in [3.05, 3.63) is 36.5 Å². The standard InChI is InChI=1S/C13H17N5O2/c1-9-15-5-6-18(9)12-4-3-10(7-16-12)17-13(19)11(14)8-20-2/h3-7,11H,8,14H2,1-2H3,(H,17,19). The largest absolute Gasteiger partial charge is 0.383 e. The number of carbonyl (C=O) groups excluding carboxylic acids is 1. The predicted molar refractivity (Wildman–Crippen MR) is 74.6 cm³/mol. The van der Waals surface area contributed by atoms with Crippen LogP contribution in [0.25, 0.3) is 5.82 Å². The van der Waals surface area contributed by atoms with E-state index >= 15 is 0 Å². The second-order valence-corrected chi connectivity index (χ2v) is 4.30. The highest BCUT2D eigenvalue weighted by atomic mass is 16.5. The molecule has 0 saturated carbocycles. The lowest BCUT2D eigenvalue weighted by Gasteiger charge is -2.11. The van der Waals surface area contributed by atoms with Gasteiger partial charge in [-0.3, -0.25) is 9.36 Å². The third-order valence-electron chi connectivity index (χ3n) is 2.77. The summed E-state index contributed by atoms with van der Waals surface area (Å²) in [6.45, 7) is 2.06. The Kier molecular flexibility index (Phi) is 4.44. The summed E-state index contributed by atoms with van der Waals surface area (Å²) in [5.41, 5.74) is 6.22. The Balaban J connectivity index is 2.06. The maximum atomic E-state index is 11.7. The molecule has 0 spiro atoms. The number of nitrogens with one attached hydrogen (secondary N) is 1. The van der Waals surface area contributed by atoms with Gasteiger partial charge < -0.3 is 15.8 Å². The van der Waals surface area contributed by atoms with E-state index in [0.717, 1.165) is 11.6 Å². The number of aryl methyl sites for hydroxylation is 1. The number of nitrogens with two attached hydrogens (primary N) is 1. The van der Waals surface area contributed by atoms with Crippen molar-refractivity contribution >= 4 is 11.6 Å². The zero-order valence-electron chi connectivity index (χ0n) is 11.4. The van der Waals surface area contributed by atoms with Crippen molar-refractivity contribution in [1.82, 2.24) is 14.5 Å². The molecule has 106 valence electrons. The normalized spacial score (nSPS) is 12.2. The van der Waals surface area contributed by atoms with Crippen molar-refractivity contribution in [2.75, 3.05) is 19.0 Å². The minimum atomic E-state index is -0.699. The van der Waals surface area contributed by atoms with Gasteiger partial charge in [-0.1, -0.05) is 0 Å². The summed E-state index contributed by atoms with van der Waals surface area (Å²) in [6, 6.07) is 2.86. The van der Waals surface area contributed by atoms with E-state index in [1.54, 1.807) is 24.5 Å². The summed E-state index contributed by atoms with van der Waals surface area (Å²) in [4.78, 5) is 20.1. The molecule has 0 radical (unpaired) electrons. The first kappa shape index (κ1) is 14.2. The number of methoxy groups -OCH3 is 1. The fourth-order valence-electron chi connectivity index (χ4n) is 1.71. The minimum Gasteiger partial charge on any atom is -0.383 e. The van der Waals surface area contributed by atoms with Gasteiger partial charge in [0.1, 0.15) is 17.7 Å². The summed E-state index contributed by atoms with van der Waals surface area (Å²) < 4.78 is 6.68. The SMILES string of the molecule is COCC(N)C(=O)Nc1ccc(-n2ccnc2C)nc1. The third-order valence-corrected chi connectivity index (χ3v) is 2.77. The fourth-order valence-corrected chi connectivity index (χ4v) is 1.71. The van der Waals surface area contributed by atoms with Crippen molar-refractivity contribution in [3.63, 3.8) is 0 Å². The molecule has 2 rings (SSSR count). The van der Waals surface area contributed by atoms with Gasteiger partial charge in [0.2, 0.25) is 5.91 Å². The predicted octanol–water partition coefficient (Wildman–Crippen LogP) is 0.488. The van der Waals surface area contributed by atoms with E-state index < -0.39 is 6.04 Å². The summed E-state index contributed by atoms with van der Waals surface area (Å²) in [7, 11) is 1.50. The van der Waals surface area contributed by atoms with E-state index in [1.807, 2.05) is 17.7 Å². The number of rotatable bonds is 5. The highest BCUT2D eigenvalue weighted by Crippen LogP contribution is 2.11. The van der Waals surface area contributed by atoms with E-state index in [2.05, 4.69) is 15.3 Å². The molecule has 3 N–H and O–H groups in total. The van der Waals surface area contributed by atoms with Crippen LogP contribution < -0.4 is 11.1 Å². The number of hydrogen-bond acceptors (Lipinski definition) is 5. The van der Waals surface area contributed by atoms with Gasteiger partial charge in [0.15, 0.2) is 0 Å². The Morgan fingerprint density at radius 3 is 2.85 bits per heavy atom. The Morgan fingerprint density at radius 2 is 2.30 bits per heavy atom. The van der Waals surface area contributed by atoms with Gasteiger partial charge in [0.05, 0.1) is 18.5 Å². The number of hydrogen-bond donors (Lipinski definition) is 2. The molecule has 2 heterocycles. The zero-order chi connectivity index (χ0) is 14.5. The molecular formula is C13H17N5O2. The number of nitrogens with zero attached hydrogens (tertiary/aromatic N) is 3. The second-order valence-electron chi connectivity index (χ2n) is 4.30. The maximum absolute atomic E-state index is 11.7. The Bertz CT molecular complexity index is 579. The minimum absolute atomic E-state index is 0.172. The number of ether oxygens (including phenoxy) is 1. The Labute approximate surface area is 116 Å². The first-order valence-corrected chi connectivity index (χ1v) is 6.13. The van der Waals surface area contributed by atoms with Gasteiger partial charge in [0.25, 0.3) is 0 Å². The monoisotopic (exact) mass is 275 g/mol. The molecule has 0 aliphatic rings. The average molecular weight is 275 g/mol. The van der Waals surface area contributed by atoms with Gasteiger partial charge in [-0.15, -0.1) is 0 Å². The molecule has 1 amide bonds. The van der Waals surface area contributed by atoms with Gasteiger partial charge in [-0.25, -0.2) is 9.97 Å². The van der Waals surface area contributed by atoms with Crippen LogP contribution in [0.15, 0.2) is 30.7 Å². The average Bonchev–Trinajstić information content (AvgIpc) is 2.86. The molecule has 7 heteroatoms. The van der Waals surface area contributed by atoms with Gasteiger partial charge in [0, 0.05) is 19.5 Å². The molecule has 0 aliphatic heterocycles. The molecule has 20 heavy (non-hydrogen) atoms. The van der Waals surface area contributed by atoms with E-state index in [0.29, 0.717) is 5.69 Å². The molecular weight excluding hydrogens is 258 g/mol. The summed E-state index contributed by atoms with van der Waals surface area (Å²) >= 11 is 0. The summed E-state index contributed by atoms with van der Waals surface area (Å²) in [5, 5.41) is 2.68. The highest BCUT2D eigenvalue weighted by Gasteiger charge is 2.13. The Hall–Kier alpha value is -2.25. The van der Waals surface area contributed by atoms with Crippen LogP contribution in [-0.2, 0) is 9.53 Å². The van der Waals surface area contributed by atoms with Crippen molar-refractivity contribution in [1.29, 1.82) is 0 Å². The van der Waals surface area contributed by atoms with Crippen LogP contribution in [-0.4, -0.2) is 40.2 Å². The molecule has 0 bridgehead atoms. The number of imidazole rings is 1. The van der Waals surface area contributed by atoms with Crippen LogP contribution in [0.3, 0.4) is 0 Å². The molecule has 0 aromatic carbocycles. The highest BCUT2D eigenvalue weighted by molar-refractivity contribution is 5.94. The molecule has 2 aromatic heterocycles. The number of carbonyl (C=O) groups is 1. The summed E-state index contributed by atoms with van der Waals surface area (Å²) in [6.07, 6.45) is 5.10. The lowest BCUT2D eigenvalue weighted by atomic mass is 10.3. The Morgan fingerprint density at radius 1 is 1.50 bits per heavy atom. The van der Waals surface area contributed by atoms with Crippen LogP contribution in [0, 0.1) is 6.92 Å². The second kappa shape index (κ2) is 6.27. The van der Waals surface area contributed by atoms with Gasteiger partial charge in [-0.2, -0.15) is 0 Å². The van der Waals surface area contributed by atoms with Crippen LogP contribution in [0.4, 0.5) is 5.69 Å². The van der Waals surface area contributed by atoms with Crippen LogP contribution in [0.2, 0.25) is 0 Å². The van der Waals surface area contributed by atoms with Crippen molar-refractivity contribution < 1.29 is 9.53 Å². The van der Waals surface area contributed by atoms with Crippen molar-refractivity contribution in [2.24, 2.45) is 5.73 Å². The fraction of sp³-hybridized carbons (Fsp3) is 0.308. The topological polar surface area (TPSA) is 95.1 Å². The molecule has 1 atom stereocenters. The molecule has 0 fully saturated rings. The van der Waals surface area contributed by atoms with Crippen LogP contribution >= 0.6 is 0 Å². The lowest BCUT2D eigenvalue weighted by molar-refractivity contribution is -0.118. The quantitative estimate of drug-likeness (QED) is 0.828. The first-order valence-electron chi connectivity index (χ1n) is 6.13. The van der Waals surface area contributed by atoms with Crippen LogP contribution in [0.5, 0.6) is 0 Å². The smallest absolute Gasteiger partial charge is 0.243 e.